The summed E-state index contributed by atoms with van der Waals surface area (Å²) in [4.78, 5) is 2.46. The first-order valence-electron chi connectivity index (χ1n) is 20.4. The maximum Gasteiger partial charge on any atom is 0.159 e. The van der Waals surface area contributed by atoms with E-state index in [1.54, 1.807) is 0 Å². The second-order valence-electron chi connectivity index (χ2n) is 15.5. The SMILES string of the molecule is c1ccc(-c2c(N(c3ccc(C4(c5ccccc5)c5ccccc5-c5ccccc54)cc3)c3cccc4c3oc3ccccc34)c3ccccc3c3ccccc23)cc1. The predicted molar refractivity (Wildman–Crippen MR) is 246 cm³/mol. The molecule has 0 spiro atoms. The second kappa shape index (κ2) is 13.2. The van der Waals surface area contributed by atoms with Crippen molar-refractivity contribution in [3.63, 3.8) is 0 Å². The van der Waals surface area contributed by atoms with Gasteiger partial charge in [0.15, 0.2) is 5.58 Å². The van der Waals surface area contributed by atoms with Crippen LogP contribution in [0.3, 0.4) is 0 Å². The number of anilines is 3. The molecule has 10 aromatic carbocycles. The van der Waals surface area contributed by atoms with Crippen LogP contribution in [0.15, 0.2) is 229 Å². The fraction of sp³-hybridized carbons (Fsp3) is 0.0175. The maximum atomic E-state index is 6.87. The van der Waals surface area contributed by atoms with Crippen molar-refractivity contribution in [3.8, 4) is 22.3 Å². The van der Waals surface area contributed by atoms with Crippen LogP contribution in [0.5, 0.6) is 0 Å². The van der Waals surface area contributed by atoms with E-state index in [9.17, 15) is 0 Å². The number of benzene rings is 10. The quantitative estimate of drug-likeness (QED) is 0.157. The van der Waals surface area contributed by atoms with Crippen molar-refractivity contribution >= 4 is 60.5 Å². The fourth-order valence-corrected chi connectivity index (χ4v) is 10.1. The Morgan fingerprint density at radius 1 is 0.356 bits per heavy atom. The summed E-state index contributed by atoms with van der Waals surface area (Å²) in [5.74, 6) is 0. The maximum absolute atomic E-state index is 6.87. The van der Waals surface area contributed by atoms with Gasteiger partial charge >= 0.3 is 0 Å². The number of fused-ring (bicyclic) bond motifs is 9. The molecule has 0 radical (unpaired) electrons. The van der Waals surface area contributed by atoms with Crippen molar-refractivity contribution in [1.82, 2.24) is 0 Å². The van der Waals surface area contributed by atoms with Crippen LogP contribution in [-0.2, 0) is 5.41 Å². The Balaban J connectivity index is 1.18. The molecule has 12 rings (SSSR count). The summed E-state index contributed by atoms with van der Waals surface area (Å²) in [7, 11) is 0. The zero-order chi connectivity index (χ0) is 38.9. The van der Waals surface area contributed by atoms with E-state index in [1.165, 1.54) is 60.5 Å². The van der Waals surface area contributed by atoms with E-state index < -0.39 is 5.41 Å². The predicted octanol–water partition coefficient (Wildman–Crippen LogP) is 15.4. The number of rotatable bonds is 6. The first-order chi connectivity index (χ1) is 29.3. The summed E-state index contributed by atoms with van der Waals surface area (Å²) >= 11 is 0. The largest absolute Gasteiger partial charge is 0.454 e. The van der Waals surface area contributed by atoms with Crippen LogP contribution in [0.25, 0.3) is 65.7 Å². The lowest BCUT2D eigenvalue weighted by molar-refractivity contribution is 0.669. The number of hydrogen-bond donors (Lipinski definition) is 0. The first-order valence-corrected chi connectivity index (χ1v) is 20.4. The molecule has 1 aromatic heterocycles. The van der Waals surface area contributed by atoms with E-state index in [2.05, 4.69) is 223 Å². The molecule has 0 aliphatic heterocycles. The second-order valence-corrected chi connectivity index (χ2v) is 15.5. The molecule has 59 heavy (non-hydrogen) atoms. The number of nitrogens with zero attached hydrogens (tertiary/aromatic N) is 1. The minimum atomic E-state index is -0.499. The summed E-state index contributed by atoms with van der Waals surface area (Å²) in [6.45, 7) is 0. The molecule has 0 amide bonds. The molecule has 0 fully saturated rings. The summed E-state index contributed by atoms with van der Waals surface area (Å²) in [5.41, 5.74) is 14.3. The third-order valence-electron chi connectivity index (χ3n) is 12.5. The highest BCUT2D eigenvalue weighted by atomic mass is 16.3. The van der Waals surface area contributed by atoms with Gasteiger partial charge in [0.2, 0.25) is 0 Å². The van der Waals surface area contributed by atoms with Crippen LogP contribution in [0.4, 0.5) is 17.1 Å². The highest BCUT2D eigenvalue weighted by Crippen LogP contribution is 2.57. The minimum absolute atomic E-state index is 0.499. The van der Waals surface area contributed by atoms with E-state index >= 15 is 0 Å². The highest BCUT2D eigenvalue weighted by Gasteiger charge is 2.45. The minimum Gasteiger partial charge on any atom is -0.454 e. The van der Waals surface area contributed by atoms with Gasteiger partial charge in [-0.05, 0) is 79.4 Å². The molecular weight excluding hydrogens is 715 g/mol. The van der Waals surface area contributed by atoms with Crippen molar-refractivity contribution in [3.05, 3.63) is 247 Å². The normalized spacial score (nSPS) is 12.9. The van der Waals surface area contributed by atoms with Gasteiger partial charge < -0.3 is 9.32 Å². The van der Waals surface area contributed by atoms with Crippen LogP contribution in [0.1, 0.15) is 22.3 Å². The van der Waals surface area contributed by atoms with Crippen molar-refractivity contribution in [2.45, 2.75) is 5.41 Å². The Morgan fingerprint density at radius 3 is 1.56 bits per heavy atom. The van der Waals surface area contributed by atoms with Crippen molar-refractivity contribution in [2.24, 2.45) is 0 Å². The third-order valence-corrected chi connectivity index (χ3v) is 12.5. The molecule has 0 saturated carbocycles. The Hall–Kier alpha value is -7.68. The number of furan rings is 1. The lowest BCUT2D eigenvalue weighted by Gasteiger charge is -2.35. The molecule has 2 heteroatoms. The van der Waals surface area contributed by atoms with Gasteiger partial charge in [-0.3, -0.25) is 0 Å². The average Bonchev–Trinajstić information content (AvgIpc) is 3.85. The van der Waals surface area contributed by atoms with Crippen LogP contribution in [0, 0.1) is 0 Å². The molecule has 276 valence electrons. The molecule has 0 saturated heterocycles. The fourth-order valence-electron chi connectivity index (χ4n) is 10.1. The molecule has 11 aromatic rings. The van der Waals surface area contributed by atoms with E-state index in [0.29, 0.717) is 0 Å². The van der Waals surface area contributed by atoms with Gasteiger partial charge in [0, 0.05) is 27.4 Å². The van der Waals surface area contributed by atoms with Crippen LogP contribution in [-0.4, -0.2) is 0 Å². The first kappa shape index (κ1) is 33.5. The topological polar surface area (TPSA) is 16.4 Å². The highest BCUT2D eigenvalue weighted by molar-refractivity contribution is 6.23. The van der Waals surface area contributed by atoms with Gasteiger partial charge in [-0.2, -0.15) is 0 Å². The molecular formula is C57H37NO. The Labute approximate surface area is 342 Å². The summed E-state index contributed by atoms with van der Waals surface area (Å²) in [6.07, 6.45) is 0. The molecule has 0 N–H and O–H groups in total. The summed E-state index contributed by atoms with van der Waals surface area (Å²) < 4.78 is 6.87. The molecule has 0 bridgehead atoms. The van der Waals surface area contributed by atoms with E-state index in [1.807, 2.05) is 6.07 Å². The van der Waals surface area contributed by atoms with Crippen molar-refractivity contribution in [1.29, 1.82) is 0 Å². The van der Waals surface area contributed by atoms with Crippen LogP contribution in [0.2, 0.25) is 0 Å². The number of para-hydroxylation sites is 2. The van der Waals surface area contributed by atoms with Crippen LogP contribution >= 0.6 is 0 Å². The molecule has 1 aliphatic rings. The average molecular weight is 752 g/mol. The van der Waals surface area contributed by atoms with Gasteiger partial charge in [-0.15, -0.1) is 0 Å². The molecule has 2 nitrogen and oxygen atoms in total. The lowest BCUT2D eigenvalue weighted by atomic mass is 9.67. The van der Waals surface area contributed by atoms with Gasteiger partial charge in [-0.25, -0.2) is 0 Å². The monoisotopic (exact) mass is 751 g/mol. The summed E-state index contributed by atoms with van der Waals surface area (Å²) in [6, 6.07) is 81.7. The molecule has 0 atom stereocenters. The van der Waals surface area contributed by atoms with Gasteiger partial charge in [0.25, 0.3) is 0 Å². The Bertz CT molecular complexity index is 3330. The van der Waals surface area contributed by atoms with Crippen molar-refractivity contribution < 1.29 is 4.42 Å². The van der Waals surface area contributed by atoms with Gasteiger partial charge in [0.1, 0.15) is 5.58 Å². The van der Waals surface area contributed by atoms with E-state index in [-0.39, 0.29) is 0 Å². The Kier molecular flexibility index (Phi) is 7.48. The number of hydrogen-bond acceptors (Lipinski definition) is 2. The van der Waals surface area contributed by atoms with E-state index in [4.69, 9.17) is 4.42 Å². The standard InChI is InChI=1S/C57H37NO/c1-3-18-38(19-4-1)54-47-27-9-7-22-42(47)43-23-8-10-28-48(43)55(54)58(52-32-17-29-49-46-26-13-16-33-53(46)59-56(49)52)41-36-34-40(35-37-41)57(39-20-5-2-6-21-39)50-30-14-11-24-44(50)45-25-12-15-31-51(45)57/h1-37H. The van der Waals surface area contributed by atoms with Gasteiger partial charge in [-0.1, -0.05) is 200 Å². The van der Waals surface area contributed by atoms with Gasteiger partial charge in [0.05, 0.1) is 16.8 Å². The molecule has 1 aliphatic carbocycles. The lowest BCUT2D eigenvalue weighted by Crippen LogP contribution is -2.28. The Morgan fingerprint density at radius 2 is 0.864 bits per heavy atom. The summed E-state index contributed by atoms with van der Waals surface area (Å²) in [5, 5.41) is 7.00. The zero-order valence-electron chi connectivity index (χ0n) is 32.2. The third kappa shape index (κ3) is 4.87. The molecule has 0 unspecified atom stereocenters. The van der Waals surface area contributed by atoms with Crippen molar-refractivity contribution in [2.75, 3.05) is 4.90 Å². The van der Waals surface area contributed by atoms with E-state index in [0.717, 1.165) is 44.6 Å². The van der Waals surface area contributed by atoms with Crippen LogP contribution < -0.4 is 4.90 Å². The smallest absolute Gasteiger partial charge is 0.159 e. The zero-order valence-corrected chi connectivity index (χ0v) is 32.2. The molecule has 1 heterocycles.